The Hall–Kier alpha value is 0.1000. The van der Waals surface area contributed by atoms with Gasteiger partial charge < -0.3 is 10.1 Å². The van der Waals surface area contributed by atoms with E-state index in [0.29, 0.717) is 0 Å². The minimum atomic E-state index is 0.744. The van der Waals surface area contributed by atoms with Crippen LogP contribution >= 0.6 is 31.9 Å². The molecule has 0 amide bonds. The van der Waals surface area contributed by atoms with Crippen molar-refractivity contribution in [2.75, 3.05) is 20.3 Å². The third-order valence-corrected chi connectivity index (χ3v) is 3.04. The van der Waals surface area contributed by atoms with Gasteiger partial charge in [-0.05, 0) is 17.7 Å². The van der Waals surface area contributed by atoms with Crippen molar-refractivity contribution in [3.8, 4) is 0 Å². The van der Waals surface area contributed by atoms with Crippen LogP contribution in [-0.4, -0.2) is 20.3 Å². The maximum absolute atomic E-state index is 4.95. The Morgan fingerprint density at radius 1 is 1.36 bits per heavy atom. The largest absolute Gasteiger partial charge is 0.383 e. The highest BCUT2D eigenvalue weighted by Crippen LogP contribution is 2.21. The first kappa shape index (κ1) is 12.2. The molecule has 0 aliphatic heterocycles. The monoisotopic (exact) mass is 321 g/mol. The van der Waals surface area contributed by atoms with Gasteiger partial charge in [0.2, 0.25) is 0 Å². The molecular weight excluding hydrogens is 310 g/mol. The van der Waals surface area contributed by atoms with Gasteiger partial charge in [0.1, 0.15) is 0 Å². The molecule has 0 atom stereocenters. The van der Waals surface area contributed by atoms with E-state index in [-0.39, 0.29) is 0 Å². The van der Waals surface area contributed by atoms with Gasteiger partial charge in [0.05, 0.1) is 6.61 Å². The molecule has 0 bridgehead atoms. The summed E-state index contributed by atoms with van der Waals surface area (Å²) in [4.78, 5) is 0. The predicted octanol–water partition coefficient (Wildman–Crippen LogP) is 2.95. The summed E-state index contributed by atoms with van der Waals surface area (Å²) in [6.45, 7) is 2.48. The fraction of sp³-hybridized carbons (Fsp3) is 0.400. The van der Waals surface area contributed by atoms with Gasteiger partial charge in [0.15, 0.2) is 0 Å². The molecule has 1 aromatic carbocycles. The Bertz CT molecular complexity index is 291. The SMILES string of the molecule is COCCNCc1ccc(Br)cc1Br. The molecule has 0 heterocycles. The lowest BCUT2D eigenvalue weighted by molar-refractivity contribution is 0.199. The molecule has 14 heavy (non-hydrogen) atoms. The number of hydrogen-bond acceptors (Lipinski definition) is 2. The summed E-state index contributed by atoms with van der Waals surface area (Å²) in [5, 5.41) is 3.29. The first-order valence-electron chi connectivity index (χ1n) is 4.37. The third-order valence-electron chi connectivity index (χ3n) is 1.81. The number of benzene rings is 1. The van der Waals surface area contributed by atoms with E-state index in [9.17, 15) is 0 Å². The molecule has 1 N–H and O–H groups in total. The molecule has 0 saturated carbocycles. The summed E-state index contributed by atoms with van der Waals surface area (Å²) >= 11 is 6.93. The van der Waals surface area contributed by atoms with Crippen LogP contribution in [0.4, 0.5) is 0 Å². The molecule has 0 radical (unpaired) electrons. The van der Waals surface area contributed by atoms with E-state index >= 15 is 0 Å². The Kier molecular flexibility index (Phi) is 5.70. The number of methoxy groups -OCH3 is 1. The number of nitrogens with one attached hydrogen (secondary N) is 1. The second-order valence-electron chi connectivity index (χ2n) is 2.91. The molecule has 1 rings (SSSR count). The van der Waals surface area contributed by atoms with Crippen LogP contribution in [0.5, 0.6) is 0 Å². The number of halogens is 2. The summed E-state index contributed by atoms with van der Waals surface area (Å²) in [7, 11) is 1.71. The lowest BCUT2D eigenvalue weighted by Crippen LogP contribution is -2.18. The van der Waals surface area contributed by atoms with E-state index in [0.717, 1.165) is 28.6 Å². The molecular formula is C10H13Br2NO. The molecule has 0 unspecified atom stereocenters. The van der Waals surface area contributed by atoms with Crippen molar-refractivity contribution in [1.82, 2.24) is 5.32 Å². The third kappa shape index (κ3) is 4.09. The molecule has 0 fully saturated rings. The molecule has 0 aromatic heterocycles. The highest BCUT2D eigenvalue weighted by Gasteiger charge is 1.99. The maximum atomic E-state index is 4.95. The van der Waals surface area contributed by atoms with Crippen LogP contribution in [0.2, 0.25) is 0 Å². The van der Waals surface area contributed by atoms with Gasteiger partial charge in [-0.1, -0.05) is 37.9 Å². The van der Waals surface area contributed by atoms with Crippen molar-refractivity contribution in [1.29, 1.82) is 0 Å². The van der Waals surface area contributed by atoms with E-state index in [1.54, 1.807) is 7.11 Å². The van der Waals surface area contributed by atoms with Crippen molar-refractivity contribution >= 4 is 31.9 Å². The molecule has 0 saturated heterocycles. The molecule has 0 spiro atoms. The van der Waals surface area contributed by atoms with E-state index in [1.807, 2.05) is 12.1 Å². The Labute approximate surface area is 101 Å². The van der Waals surface area contributed by atoms with Crippen LogP contribution < -0.4 is 5.32 Å². The van der Waals surface area contributed by atoms with Crippen LogP contribution in [0, 0.1) is 0 Å². The smallest absolute Gasteiger partial charge is 0.0587 e. The van der Waals surface area contributed by atoms with E-state index in [4.69, 9.17) is 4.74 Å². The van der Waals surface area contributed by atoms with Gasteiger partial charge in [-0.2, -0.15) is 0 Å². The van der Waals surface area contributed by atoms with Gasteiger partial charge >= 0.3 is 0 Å². The van der Waals surface area contributed by atoms with Crippen LogP contribution in [0.1, 0.15) is 5.56 Å². The van der Waals surface area contributed by atoms with Crippen molar-refractivity contribution in [2.24, 2.45) is 0 Å². The summed E-state index contributed by atoms with van der Waals surface area (Å²) in [5.74, 6) is 0. The van der Waals surface area contributed by atoms with E-state index in [2.05, 4.69) is 43.2 Å². The van der Waals surface area contributed by atoms with Crippen molar-refractivity contribution < 1.29 is 4.74 Å². The van der Waals surface area contributed by atoms with Crippen molar-refractivity contribution in [3.63, 3.8) is 0 Å². The highest BCUT2D eigenvalue weighted by atomic mass is 79.9. The van der Waals surface area contributed by atoms with E-state index < -0.39 is 0 Å². The molecule has 4 heteroatoms. The maximum Gasteiger partial charge on any atom is 0.0587 e. The fourth-order valence-corrected chi connectivity index (χ4v) is 2.25. The van der Waals surface area contributed by atoms with E-state index in [1.165, 1.54) is 5.56 Å². The first-order valence-corrected chi connectivity index (χ1v) is 5.96. The summed E-state index contributed by atoms with van der Waals surface area (Å²) in [6.07, 6.45) is 0. The molecule has 1 aromatic rings. The Balaban J connectivity index is 2.42. The Morgan fingerprint density at radius 3 is 2.79 bits per heavy atom. The summed E-state index contributed by atoms with van der Waals surface area (Å²) in [5.41, 5.74) is 1.25. The average molecular weight is 323 g/mol. The zero-order valence-corrected chi connectivity index (χ0v) is 11.2. The Morgan fingerprint density at radius 2 is 2.14 bits per heavy atom. The minimum absolute atomic E-state index is 0.744. The second-order valence-corrected chi connectivity index (χ2v) is 4.68. The number of ether oxygens (including phenoxy) is 1. The van der Waals surface area contributed by atoms with Crippen LogP contribution in [0.3, 0.4) is 0 Å². The van der Waals surface area contributed by atoms with Gasteiger partial charge in [-0.25, -0.2) is 0 Å². The number of rotatable bonds is 5. The highest BCUT2D eigenvalue weighted by molar-refractivity contribution is 9.11. The zero-order valence-electron chi connectivity index (χ0n) is 8.02. The lowest BCUT2D eigenvalue weighted by Gasteiger charge is -2.06. The lowest BCUT2D eigenvalue weighted by atomic mass is 10.2. The van der Waals surface area contributed by atoms with Crippen LogP contribution in [-0.2, 0) is 11.3 Å². The first-order chi connectivity index (χ1) is 6.74. The fourth-order valence-electron chi connectivity index (χ4n) is 1.06. The van der Waals surface area contributed by atoms with Gasteiger partial charge in [-0.15, -0.1) is 0 Å². The van der Waals surface area contributed by atoms with Crippen molar-refractivity contribution in [2.45, 2.75) is 6.54 Å². The van der Waals surface area contributed by atoms with Crippen molar-refractivity contribution in [3.05, 3.63) is 32.7 Å². The van der Waals surface area contributed by atoms with Gasteiger partial charge in [-0.3, -0.25) is 0 Å². The zero-order chi connectivity index (χ0) is 10.4. The molecule has 78 valence electrons. The average Bonchev–Trinajstić information content (AvgIpc) is 2.15. The predicted molar refractivity (Wildman–Crippen MR) is 65.4 cm³/mol. The standard InChI is InChI=1S/C10H13Br2NO/c1-14-5-4-13-7-8-2-3-9(11)6-10(8)12/h2-3,6,13H,4-5,7H2,1H3. The van der Waals surface area contributed by atoms with Crippen LogP contribution in [0.25, 0.3) is 0 Å². The normalized spacial score (nSPS) is 10.5. The summed E-state index contributed by atoms with van der Waals surface area (Å²) < 4.78 is 7.16. The number of hydrogen-bond donors (Lipinski definition) is 1. The quantitative estimate of drug-likeness (QED) is 0.842. The molecule has 0 aliphatic rings. The second kappa shape index (κ2) is 6.56. The molecule has 0 aliphatic carbocycles. The summed E-state index contributed by atoms with van der Waals surface area (Å²) in [6, 6.07) is 6.18. The topological polar surface area (TPSA) is 21.3 Å². The van der Waals surface area contributed by atoms with Gasteiger partial charge in [0.25, 0.3) is 0 Å². The van der Waals surface area contributed by atoms with Gasteiger partial charge in [0, 0.05) is 29.1 Å². The van der Waals surface area contributed by atoms with Crippen LogP contribution in [0.15, 0.2) is 27.1 Å². The minimum Gasteiger partial charge on any atom is -0.383 e. The molecule has 2 nitrogen and oxygen atoms in total.